The molecule has 8 nitrogen and oxygen atoms in total. The van der Waals surface area contributed by atoms with Crippen molar-refractivity contribution >= 4 is 27.6 Å². The molecule has 4 aromatic heterocycles. The van der Waals surface area contributed by atoms with Gasteiger partial charge in [-0.05, 0) is 35.9 Å². The van der Waals surface area contributed by atoms with E-state index in [0.717, 1.165) is 74.5 Å². The van der Waals surface area contributed by atoms with Crippen LogP contribution < -0.4 is 10.6 Å². The van der Waals surface area contributed by atoms with Gasteiger partial charge in [0, 0.05) is 47.2 Å². The predicted molar refractivity (Wildman–Crippen MR) is 138 cm³/mol. The number of H-pyrrole nitrogens is 2. The van der Waals surface area contributed by atoms with Crippen molar-refractivity contribution in [1.29, 1.82) is 0 Å². The molecule has 0 saturated carbocycles. The highest BCUT2D eigenvalue weighted by molar-refractivity contribution is 6.01. The first kappa shape index (κ1) is 20.7. The van der Waals surface area contributed by atoms with Crippen LogP contribution in [-0.4, -0.2) is 49.3 Å². The summed E-state index contributed by atoms with van der Waals surface area (Å²) in [6.07, 6.45) is 7.06. The second-order valence-electron chi connectivity index (χ2n) is 9.10. The quantitative estimate of drug-likeness (QED) is 0.345. The van der Waals surface area contributed by atoms with Crippen molar-refractivity contribution in [3.8, 4) is 33.8 Å². The molecule has 0 amide bonds. The van der Waals surface area contributed by atoms with E-state index in [-0.39, 0.29) is 11.9 Å². The molecule has 1 fully saturated rings. The largest absolute Gasteiger partial charge is 0.352 e. The third-order valence-corrected chi connectivity index (χ3v) is 6.65. The minimum atomic E-state index is -0.282. The molecule has 1 aliphatic rings. The molecule has 9 heteroatoms. The van der Waals surface area contributed by atoms with Crippen LogP contribution in [0.25, 0.3) is 55.6 Å². The average molecular weight is 477 g/mol. The predicted octanol–water partition coefficient (Wildman–Crippen LogP) is 4.52. The van der Waals surface area contributed by atoms with Gasteiger partial charge >= 0.3 is 0 Å². The zero-order valence-electron chi connectivity index (χ0n) is 19.1. The number of nitrogens with two attached hydrogens (primary N) is 1. The summed E-state index contributed by atoms with van der Waals surface area (Å²) in [6.45, 7) is 1.58. The zero-order chi connectivity index (χ0) is 24.2. The molecular formula is C27H21FN8. The Kier molecular flexibility index (Phi) is 4.58. The minimum absolute atomic E-state index is 0.188. The molecule has 0 spiro atoms. The molecule has 2 aromatic carbocycles. The van der Waals surface area contributed by atoms with E-state index >= 15 is 0 Å². The number of fused-ring (bicyclic) bond motifs is 2. The van der Waals surface area contributed by atoms with Crippen LogP contribution >= 0.6 is 0 Å². The van der Waals surface area contributed by atoms with Crippen LogP contribution in [0.5, 0.6) is 0 Å². The van der Waals surface area contributed by atoms with Crippen molar-refractivity contribution in [3.63, 3.8) is 0 Å². The fourth-order valence-electron chi connectivity index (χ4n) is 4.79. The Morgan fingerprint density at radius 2 is 1.78 bits per heavy atom. The molecule has 6 aromatic rings. The van der Waals surface area contributed by atoms with Crippen molar-refractivity contribution < 1.29 is 4.39 Å². The summed E-state index contributed by atoms with van der Waals surface area (Å²) < 4.78 is 13.9. The number of nitrogens with zero attached hydrogens (tertiary/aromatic N) is 5. The van der Waals surface area contributed by atoms with Gasteiger partial charge in [0.15, 0.2) is 0 Å². The van der Waals surface area contributed by atoms with E-state index < -0.39 is 0 Å². The smallest absolute Gasteiger partial charge is 0.147 e. The summed E-state index contributed by atoms with van der Waals surface area (Å²) in [6, 6.07) is 14.8. The van der Waals surface area contributed by atoms with Crippen LogP contribution in [0.2, 0.25) is 0 Å². The highest BCUT2D eigenvalue weighted by atomic mass is 19.1. The molecule has 36 heavy (non-hydrogen) atoms. The highest BCUT2D eigenvalue weighted by Crippen LogP contribution is 2.35. The fourth-order valence-corrected chi connectivity index (χ4v) is 4.79. The highest BCUT2D eigenvalue weighted by Gasteiger charge is 2.24. The van der Waals surface area contributed by atoms with E-state index in [4.69, 9.17) is 10.7 Å². The Hall–Kier alpha value is -4.63. The SMILES string of the molecule is NC1CN(c2cncc(-c3ccc4[nH]nc(-c5cc6c(-c7cccc(F)c7)cncc6[nH]5)c4c3)n2)C1. The first-order valence-corrected chi connectivity index (χ1v) is 11.7. The van der Waals surface area contributed by atoms with Crippen molar-refractivity contribution in [3.05, 3.63) is 79.1 Å². The lowest BCUT2D eigenvalue weighted by Crippen LogP contribution is -2.56. The number of pyridine rings is 1. The number of nitrogens with one attached hydrogen (secondary N) is 2. The fraction of sp³-hybridized carbons (Fsp3) is 0.111. The van der Waals surface area contributed by atoms with Gasteiger partial charge in [0.25, 0.3) is 0 Å². The Bertz CT molecular complexity index is 1750. The van der Waals surface area contributed by atoms with Gasteiger partial charge in [0.2, 0.25) is 0 Å². The summed E-state index contributed by atoms with van der Waals surface area (Å²) in [5, 5.41) is 9.62. The molecule has 1 saturated heterocycles. The van der Waals surface area contributed by atoms with E-state index in [1.165, 1.54) is 12.1 Å². The first-order valence-electron chi connectivity index (χ1n) is 11.7. The van der Waals surface area contributed by atoms with Gasteiger partial charge in [-0.15, -0.1) is 0 Å². The van der Waals surface area contributed by atoms with E-state index in [2.05, 4.69) is 36.1 Å². The van der Waals surface area contributed by atoms with E-state index in [0.29, 0.717) is 0 Å². The van der Waals surface area contributed by atoms with E-state index in [1.807, 2.05) is 24.3 Å². The molecule has 0 radical (unpaired) electrons. The maximum atomic E-state index is 13.9. The van der Waals surface area contributed by atoms with Gasteiger partial charge in [0.05, 0.1) is 41.0 Å². The molecule has 176 valence electrons. The van der Waals surface area contributed by atoms with Crippen LogP contribution in [0.1, 0.15) is 0 Å². The summed E-state index contributed by atoms with van der Waals surface area (Å²) in [7, 11) is 0. The Morgan fingerprint density at radius 3 is 2.64 bits per heavy atom. The van der Waals surface area contributed by atoms with Crippen molar-refractivity contribution in [1.82, 2.24) is 30.1 Å². The number of anilines is 1. The van der Waals surface area contributed by atoms with E-state index in [1.54, 1.807) is 30.9 Å². The number of aromatic nitrogens is 6. The van der Waals surface area contributed by atoms with Crippen LogP contribution in [0.3, 0.4) is 0 Å². The normalized spacial score (nSPS) is 14.0. The Balaban J connectivity index is 1.31. The van der Waals surface area contributed by atoms with Gasteiger partial charge < -0.3 is 15.6 Å². The van der Waals surface area contributed by atoms with Crippen molar-refractivity contribution in [2.24, 2.45) is 5.73 Å². The molecule has 0 atom stereocenters. The standard InChI is InChI=1S/C27H21FN8/c28-17-3-1-2-15(6-17)21-9-30-11-25-19(21)8-23(32-25)27-20-7-16(4-5-22(20)34-35-27)24-10-31-12-26(33-24)36-13-18(29)14-36/h1-12,18,32H,13-14,29H2,(H,34,35). The summed E-state index contributed by atoms with van der Waals surface area (Å²) in [5.74, 6) is 0.546. The van der Waals surface area contributed by atoms with Gasteiger partial charge in [-0.25, -0.2) is 9.37 Å². The van der Waals surface area contributed by atoms with Gasteiger partial charge in [0.1, 0.15) is 17.3 Å². The van der Waals surface area contributed by atoms with Crippen molar-refractivity contribution in [2.75, 3.05) is 18.0 Å². The molecule has 1 aliphatic heterocycles. The first-order chi connectivity index (χ1) is 17.6. The number of aromatic amines is 2. The topological polar surface area (TPSA) is 112 Å². The molecule has 0 bridgehead atoms. The second-order valence-corrected chi connectivity index (χ2v) is 9.10. The summed E-state index contributed by atoms with van der Waals surface area (Å²) in [4.78, 5) is 19.1. The lowest BCUT2D eigenvalue weighted by molar-refractivity contribution is 0.514. The molecular weight excluding hydrogens is 455 g/mol. The average Bonchev–Trinajstić information content (AvgIpc) is 3.50. The lowest BCUT2D eigenvalue weighted by atomic mass is 10.0. The van der Waals surface area contributed by atoms with Gasteiger partial charge in [-0.1, -0.05) is 18.2 Å². The van der Waals surface area contributed by atoms with Gasteiger partial charge in [-0.3, -0.25) is 15.1 Å². The number of hydrogen-bond donors (Lipinski definition) is 3. The third kappa shape index (κ3) is 3.40. The number of rotatable bonds is 4. The summed E-state index contributed by atoms with van der Waals surface area (Å²) >= 11 is 0. The molecule has 5 heterocycles. The number of benzene rings is 2. The zero-order valence-corrected chi connectivity index (χ0v) is 19.1. The molecule has 0 aliphatic carbocycles. The maximum absolute atomic E-state index is 13.9. The monoisotopic (exact) mass is 476 g/mol. The summed E-state index contributed by atoms with van der Waals surface area (Å²) in [5.41, 5.74) is 12.7. The second kappa shape index (κ2) is 7.96. The molecule has 0 unspecified atom stereocenters. The van der Waals surface area contributed by atoms with Crippen molar-refractivity contribution in [2.45, 2.75) is 6.04 Å². The molecule has 7 rings (SSSR count). The molecule has 4 N–H and O–H groups in total. The Morgan fingerprint density at radius 1 is 0.889 bits per heavy atom. The number of halogens is 1. The minimum Gasteiger partial charge on any atom is -0.352 e. The third-order valence-electron chi connectivity index (χ3n) is 6.65. The van der Waals surface area contributed by atoms with E-state index in [9.17, 15) is 4.39 Å². The van der Waals surface area contributed by atoms with Gasteiger partial charge in [-0.2, -0.15) is 5.10 Å². The van der Waals surface area contributed by atoms with Crippen LogP contribution in [0.15, 0.2) is 73.3 Å². The maximum Gasteiger partial charge on any atom is 0.147 e. The van der Waals surface area contributed by atoms with Crippen LogP contribution in [0, 0.1) is 5.82 Å². The Labute approximate surface area is 205 Å². The van der Waals surface area contributed by atoms with Crippen LogP contribution in [0.4, 0.5) is 10.2 Å². The number of hydrogen-bond acceptors (Lipinski definition) is 6. The lowest BCUT2D eigenvalue weighted by Gasteiger charge is -2.37. The van der Waals surface area contributed by atoms with Crippen LogP contribution in [-0.2, 0) is 0 Å².